The van der Waals surface area contributed by atoms with Crippen molar-refractivity contribution in [2.45, 2.75) is 32.2 Å². The highest BCUT2D eigenvalue weighted by atomic mass is 19.1. The van der Waals surface area contributed by atoms with Crippen molar-refractivity contribution in [3.63, 3.8) is 0 Å². The Morgan fingerprint density at radius 1 is 1.30 bits per heavy atom. The number of hydrogen-bond donors (Lipinski definition) is 1. The monoisotopic (exact) mass is 283 g/mol. The Morgan fingerprint density at radius 2 is 1.95 bits per heavy atom. The van der Waals surface area contributed by atoms with Gasteiger partial charge in [0.15, 0.2) is 0 Å². The lowest BCUT2D eigenvalue weighted by Gasteiger charge is -2.31. The highest BCUT2D eigenvalue weighted by Gasteiger charge is 2.43. The number of hydrogen-bond acceptors (Lipinski definition) is 2. The molecule has 1 aromatic rings. The normalized spacial score (nSPS) is 24.1. The van der Waals surface area contributed by atoms with Crippen LogP contribution in [0.3, 0.4) is 0 Å². The maximum atomic E-state index is 13.9. The van der Waals surface area contributed by atoms with Crippen LogP contribution >= 0.6 is 0 Å². The quantitative estimate of drug-likeness (QED) is 0.907. The molecular weight excluding hydrogens is 264 g/mol. The fraction of sp³-hybridized carbons (Fsp3) is 0.533. The lowest BCUT2D eigenvalue weighted by molar-refractivity contribution is -0.141. The van der Waals surface area contributed by atoms with Gasteiger partial charge in [-0.05, 0) is 44.5 Å². The Kier molecular flexibility index (Phi) is 3.82. The summed E-state index contributed by atoms with van der Waals surface area (Å²) in [5, 5.41) is 9.35. The van der Waals surface area contributed by atoms with E-state index in [0.29, 0.717) is 13.1 Å². The van der Waals surface area contributed by atoms with Gasteiger partial charge in [0.1, 0.15) is 11.6 Å². The van der Waals surface area contributed by atoms with Gasteiger partial charge in [-0.25, -0.2) is 8.78 Å². The molecule has 0 bridgehead atoms. The number of likely N-dealkylation sites (tertiary alicyclic amines) is 1. The van der Waals surface area contributed by atoms with E-state index in [-0.39, 0.29) is 11.1 Å². The summed E-state index contributed by atoms with van der Waals surface area (Å²) in [6, 6.07) is 3.22. The topological polar surface area (TPSA) is 40.5 Å². The van der Waals surface area contributed by atoms with Gasteiger partial charge in [0.2, 0.25) is 0 Å². The summed E-state index contributed by atoms with van der Waals surface area (Å²) in [5.41, 5.74) is -0.0455. The molecule has 1 saturated heterocycles. The molecule has 0 radical (unpaired) electrons. The van der Waals surface area contributed by atoms with Crippen LogP contribution in [0.4, 0.5) is 8.78 Å². The van der Waals surface area contributed by atoms with Crippen LogP contribution in [0.25, 0.3) is 0 Å². The van der Waals surface area contributed by atoms with Gasteiger partial charge in [0.05, 0.1) is 5.92 Å². The van der Waals surface area contributed by atoms with E-state index in [2.05, 4.69) is 0 Å². The molecule has 1 aliphatic heterocycles. The minimum absolute atomic E-state index is 0.157. The molecule has 0 spiro atoms. The van der Waals surface area contributed by atoms with Crippen molar-refractivity contribution in [1.82, 2.24) is 4.90 Å². The van der Waals surface area contributed by atoms with Crippen LogP contribution in [0.5, 0.6) is 0 Å². The van der Waals surface area contributed by atoms with Crippen molar-refractivity contribution in [2.75, 3.05) is 13.1 Å². The fourth-order valence-electron chi connectivity index (χ4n) is 2.72. The number of nitrogens with zero attached hydrogens (tertiary/aromatic N) is 1. The summed E-state index contributed by atoms with van der Waals surface area (Å²) in [4.78, 5) is 13.4. The Morgan fingerprint density at radius 3 is 2.50 bits per heavy atom. The van der Waals surface area contributed by atoms with Crippen LogP contribution in [0.1, 0.15) is 32.3 Å². The van der Waals surface area contributed by atoms with Gasteiger partial charge >= 0.3 is 5.97 Å². The molecule has 0 aliphatic carbocycles. The maximum Gasteiger partial charge on any atom is 0.308 e. The minimum Gasteiger partial charge on any atom is -0.481 e. The Balaban J connectivity index is 2.38. The molecule has 0 saturated carbocycles. The van der Waals surface area contributed by atoms with Crippen molar-refractivity contribution in [3.05, 3.63) is 35.4 Å². The molecular formula is C15H19F2NO2. The first-order chi connectivity index (χ1) is 9.20. The first-order valence-corrected chi connectivity index (χ1v) is 6.63. The summed E-state index contributed by atoms with van der Waals surface area (Å²) in [5.74, 6) is -3.29. The van der Waals surface area contributed by atoms with E-state index in [1.54, 1.807) is 0 Å². The molecule has 0 amide bonds. The first kappa shape index (κ1) is 14.9. The van der Waals surface area contributed by atoms with Crippen molar-refractivity contribution in [2.24, 2.45) is 5.92 Å². The van der Waals surface area contributed by atoms with E-state index in [1.807, 2.05) is 25.7 Å². The summed E-state index contributed by atoms with van der Waals surface area (Å²) >= 11 is 0. The maximum absolute atomic E-state index is 13.9. The van der Waals surface area contributed by atoms with Crippen molar-refractivity contribution in [1.29, 1.82) is 0 Å². The van der Waals surface area contributed by atoms with E-state index in [9.17, 15) is 18.7 Å². The largest absolute Gasteiger partial charge is 0.481 e. The van der Waals surface area contributed by atoms with Crippen molar-refractivity contribution < 1.29 is 18.7 Å². The third kappa shape index (κ3) is 2.82. The van der Waals surface area contributed by atoms with Gasteiger partial charge in [0.25, 0.3) is 0 Å². The summed E-state index contributed by atoms with van der Waals surface area (Å²) < 4.78 is 27.2. The number of rotatable bonds is 2. The molecule has 110 valence electrons. The van der Waals surface area contributed by atoms with Gasteiger partial charge in [-0.3, -0.25) is 9.69 Å². The molecule has 2 atom stereocenters. The van der Waals surface area contributed by atoms with E-state index >= 15 is 0 Å². The molecule has 20 heavy (non-hydrogen) atoms. The van der Waals surface area contributed by atoms with Gasteiger partial charge in [0, 0.05) is 24.5 Å². The average Bonchev–Trinajstić information content (AvgIpc) is 2.77. The lowest BCUT2D eigenvalue weighted by Crippen LogP contribution is -2.40. The molecule has 1 fully saturated rings. The average molecular weight is 283 g/mol. The smallest absolute Gasteiger partial charge is 0.308 e. The second-order valence-electron chi connectivity index (χ2n) is 6.29. The molecule has 1 aromatic carbocycles. The van der Waals surface area contributed by atoms with Gasteiger partial charge in [-0.15, -0.1) is 0 Å². The van der Waals surface area contributed by atoms with E-state index in [0.717, 1.165) is 18.2 Å². The molecule has 5 heteroatoms. The van der Waals surface area contributed by atoms with Crippen molar-refractivity contribution >= 4 is 5.97 Å². The number of carboxylic acid groups (broad SMARTS) is 1. The fourth-order valence-corrected chi connectivity index (χ4v) is 2.72. The first-order valence-electron chi connectivity index (χ1n) is 6.63. The zero-order valence-corrected chi connectivity index (χ0v) is 11.9. The standard InChI is InChI=1S/C15H19F2NO2/c1-15(2,3)18-7-11(12(8-18)14(19)20)10-6-9(16)4-5-13(10)17/h4-6,11-12H,7-8H2,1-3H3,(H,19,20)/t11-,12+/m0/s1. The Bertz CT molecular complexity index is 525. The zero-order valence-electron chi connectivity index (χ0n) is 11.9. The SMILES string of the molecule is CC(C)(C)N1C[C@@H](C(=O)O)[C@H](c2cc(F)ccc2F)C1. The van der Waals surface area contributed by atoms with Gasteiger partial charge in [-0.2, -0.15) is 0 Å². The third-order valence-electron chi connectivity index (χ3n) is 3.94. The lowest BCUT2D eigenvalue weighted by atomic mass is 9.88. The molecule has 1 N–H and O–H groups in total. The van der Waals surface area contributed by atoms with Crippen molar-refractivity contribution in [3.8, 4) is 0 Å². The number of benzene rings is 1. The molecule has 0 unspecified atom stereocenters. The number of carbonyl (C=O) groups is 1. The summed E-state index contributed by atoms with van der Waals surface area (Å²) in [6.45, 7) is 6.71. The zero-order chi connectivity index (χ0) is 15.1. The highest BCUT2D eigenvalue weighted by molar-refractivity contribution is 5.72. The van der Waals surface area contributed by atoms with Crippen LogP contribution in [-0.2, 0) is 4.79 Å². The Hall–Kier alpha value is -1.49. The van der Waals surface area contributed by atoms with E-state index in [4.69, 9.17) is 0 Å². The van der Waals surface area contributed by atoms with Crippen LogP contribution in [-0.4, -0.2) is 34.6 Å². The van der Waals surface area contributed by atoms with Gasteiger partial charge < -0.3 is 5.11 Å². The predicted molar refractivity (Wildman–Crippen MR) is 71.6 cm³/mol. The molecule has 3 nitrogen and oxygen atoms in total. The van der Waals surface area contributed by atoms with Crippen LogP contribution in [0, 0.1) is 17.6 Å². The molecule has 0 aromatic heterocycles. The van der Waals surface area contributed by atoms with Crippen LogP contribution < -0.4 is 0 Å². The predicted octanol–water partition coefficient (Wildman–Crippen LogP) is 2.86. The van der Waals surface area contributed by atoms with Crippen LogP contribution in [0.2, 0.25) is 0 Å². The molecule has 2 rings (SSSR count). The summed E-state index contributed by atoms with van der Waals surface area (Å²) in [7, 11) is 0. The van der Waals surface area contributed by atoms with E-state index in [1.165, 1.54) is 0 Å². The number of halogens is 2. The van der Waals surface area contributed by atoms with Gasteiger partial charge in [-0.1, -0.05) is 0 Å². The van der Waals surface area contributed by atoms with Crippen LogP contribution in [0.15, 0.2) is 18.2 Å². The molecule has 1 aliphatic rings. The third-order valence-corrected chi connectivity index (χ3v) is 3.94. The second-order valence-corrected chi connectivity index (χ2v) is 6.29. The summed E-state index contributed by atoms with van der Waals surface area (Å²) in [6.07, 6.45) is 0. The minimum atomic E-state index is -0.967. The number of aliphatic carboxylic acids is 1. The second kappa shape index (κ2) is 5.13. The highest BCUT2D eigenvalue weighted by Crippen LogP contribution is 2.37. The molecule has 1 heterocycles. The number of carboxylic acids is 1. The Labute approximate surface area is 117 Å². The van der Waals surface area contributed by atoms with E-state index < -0.39 is 29.4 Å².